The molecule has 1 fully saturated rings. The van der Waals surface area contributed by atoms with E-state index in [1.807, 2.05) is 4.57 Å². The van der Waals surface area contributed by atoms with Crippen molar-refractivity contribution in [2.24, 2.45) is 0 Å². The summed E-state index contributed by atoms with van der Waals surface area (Å²) in [7, 11) is 0. The van der Waals surface area contributed by atoms with Crippen molar-refractivity contribution in [3.05, 3.63) is 17.8 Å². The molecule has 7 heteroatoms. The Morgan fingerprint density at radius 1 is 1.45 bits per heavy atom. The van der Waals surface area contributed by atoms with Gasteiger partial charge in [0.05, 0.1) is 18.6 Å². The summed E-state index contributed by atoms with van der Waals surface area (Å²) in [6.07, 6.45) is 7.03. The molecule has 108 valence electrons. The highest BCUT2D eigenvalue weighted by Crippen LogP contribution is 2.15. The Kier molecular flexibility index (Phi) is 4.14. The molecule has 0 aliphatic carbocycles. The van der Waals surface area contributed by atoms with Gasteiger partial charge in [-0.2, -0.15) is 4.98 Å². The van der Waals surface area contributed by atoms with Crippen LogP contribution in [0, 0.1) is 0 Å². The number of hydrogen-bond acceptors (Lipinski definition) is 5. The number of nitrogens with one attached hydrogen (secondary N) is 1. The number of nitrogens with zero attached hydrogens (tertiary/aromatic N) is 4. The van der Waals surface area contributed by atoms with Crippen molar-refractivity contribution in [2.75, 3.05) is 6.54 Å². The van der Waals surface area contributed by atoms with Gasteiger partial charge in [0.2, 0.25) is 5.28 Å². The highest BCUT2D eigenvalue weighted by atomic mass is 35.5. The number of rotatable bonds is 4. The summed E-state index contributed by atoms with van der Waals surface area (Å²) >= 11 is 5.82. The second-order valence-electron chi connectivity index (χ2n) is 5.20. The minimum Gasteiger partial charge on any atom is -0.392 e. The number of piperidine rings is 1. The molecule has 3 rings (SSSR count). The first kappa shape index (κ1) is 13.7. The summed E-state index contributed by atoms with van der Waals surface area (Å²) in [4.78, 5) is 12.4. The van der Waals surface area contributed by atoms with E-state index in [2.05, 4.69) is 20.3 Å². The van der Waals surface area contributed by atoms with Crippen LogP contribution >= 0.6 is 11.6 Å². The number of aromatic nitrogens is 4. The quantitative estimate of drug-likeness (QED) is 0.833. The Morgan fingerprint density at radius 2 is 2.35 bits per heavy atom. The topological polar surface area (TPSA) is 75.9 Å². The summed E-state index contributed by atoms with van der Waals surface area (Å²) in [6.45, 7) is 1.81. The van der Waals surface area contributed by atoms with Gasteiger partial charge in [-0.1, -0.05) is 0 Å². The Bertz CT molecular complexity index is 587. The number of aryl methyl sites for hydroxylation is 1. The van der Waals surface area contributed by atoms with E-state index in [9.17, 15) is 5.11 Å². The van der Waals surface area contributed by atoms with Gasteiger partial charge in [0.15, 0.2) is 5.65 Å². The first-order chi connectivity index (χ1) is 9.74. The fourth-order valence-corrected chi connectivity index (χ4v) is 2.84. The van der Waals surface area contributed by atoms with Crippen LogP contribution < -0.4 is 5.32 Å². The molecule has 0 bridgehead atoms. The predicted octanol–water partition coefficient (Wildman–Crippen LogP) is 1.37. The maximum Gasteiger partial charge on any atom is 0.224 e. The minimum absolute atomic E-state index is 0.205. The molecular formula is C13H18ClN5O. The molecular weight excluding hydrogens is 278 g/mol. The van der Waals surface area contributed by atoms with E-state index in [0.717, 1.165) is 49.9 Å². The fourth-order valence-electron chi connectivity index (χ4n) is 2.71. The number of halogens is 1. The summed E-state index contributed by atoms with van der Waals surface area (Å²) in [5.74, 6) is 0. The van der Waals surface area contributed by atoms with E-state index < -0.39 is 0 Å². The lowest BCUT2D eigenvalue weighted by molar-refractivity contribution is 0.0909. The summed E-state index contributed by atoms with van der Waals surface area (Å²) in [5, 5.41) is 13.5. The third-order valence-electron chi connectivity index (χ3n) is 3.79. The second kappa shape index (κ2) is 6.03. The third-order valence-corrected chi connectivity index (χ3v) is 3.97. The lowest BCUT2D eigenvalue weighted by Gasteiger charge is -2.28. The lowest BCUT2D eigenvalue weighted by atomic mass is 9.97. The Balaban J connectivity index is 1.61. The Hall–Kier alpha value is -1.24. The molecule has 0 aromatic carbocycles. The standard InChI is InChI=1S/C13H18ClN5O/c14-13-16-7-10-12(18-13)19(8-17-10)6-2-3-9-11(20)4-1-5-15-9/h7-9,11,15,20H,1-6H2/t9-,11+/m1/s1. The van der Waals surface area contributed by atoms with Crippen LogP contribution in [0.5, 0.6) is 0 Å². The molecule has 2 aromatic rings. The van der Waals surface area contributed by atoms with Crippen molar-refractivity contribution in [3.8, 4) is 0 Å². The molecule has 0 saturated carbocycles. The van der Waals surface area contributed by atoms with Gasteiger partial charge in [0, 0.05) is 12.6 Å². The first-order valence-electron chi connectivity index (χ1n) is 6.99. The zero-order chi connectivity index (χ0) is 13.9. The van der Waals surface area contributed by atoms with Gasteiger partial charge < -0.3 is 15.0 Å². The van der Waals surface area contributed by atoms with Crippen LogP contribution in [0.4, 0.5) is 0 Å². The minimum atomic E-state index is -0.222. The number of imidazole rings is 1. The van der Waals surface area contributed by atoms with Crippen molar-refractivity contribution in [3.63, 3.8) is 0 Å². The smallest absolute Gasteiger partial charge is 0.224 e. The van der Waals surface area contributed by atoms with Gasteiger partial charge in [0.1, 0.15) is 5.52 Å². The molecule has 2 N–H and O–H groups in total. The second-order valence-corrected chi connectivity index (χ2v) is 5.54. The molecule has 3 heterocycles. The van der Waals surface area contributed by atoms with E-state index in [0.29, 0.717) is 0 Å². The van der Waals surface area contributed by atoms with Crippen LogP contribution in [-0.2, 0) is 6.54 Å². The van der Waals surface area contributed by atoms with Gasteiger partial charge in [0.25, 0.3) is 0 Å². The van der Waals surface area contributed by atoms with Crippen molar-refractivity contribution >= 4 is 22.8 Å². The first-order valence-corrected chi connectivity index (χ1v) is 7.36. The van der Waals surface area contributed by atoms with E-state index in [1.165, 1.54) is 0 Å². The van der Waals surface area contributed by atoms with Crippen LogP contribution in [0.2, 0.25) is 5.28 Å². The molecule has 1 saturated heterocycles. The molecule has 0 amide bonds. The third kappa shape index (κ3) is 2.92. The van der Waals surface area contributed by atoms with E-state index in [-0.39, 0.29) is 17.4 Å². The number of aliphatic hydroxyl groups excluding tert-OH is 1. The monoisotopic (exact) mass is 295 g/mol. The molecule has 1 aliphatic heterocycles. The Labute approximate surface area is 122 Å². The molecule has 2 atom stereocenters. The predicted molar refractivity (Wildman–Crippen MR) is 76.6 cm³/mol. The van der Waals surface area contributed by atoms with Gasteiger partial charge in [-0.25, -0.2) is 9.97 Å². The normalized spacial score (nSPS) is 23.3. The average Bonchev–Trinajstić information content (AvgIpc) is 2.83. The van der Waals surface area contributed by atoms with E-state index in [1.54, 1.807) is 12.5 Å². The summed E-state index contributed by atoms with van der Waals surface area (Å²) < 4.78 is 1.98. The SMILES string of the molecule is O[C@H]1CCCN[C@@H]1CCCn1cnc2cnc(Cl)nc21. The van der Waals surface area contributed by atoms with E-state index >= 15 is 0 Å². The maximum absolute atomic E-state index is 9.91. The maximum atomic E-state index is 9.91. The highest BCUT2D eigenvalue weighted by molar-refractivity contribution is 6.28. The van der Waals surface area contributed by atoms with Crippen molar-refractivity contribution in [1.82, 2.24) is 24.8 Å². The van der Waals surface area contributed by atoms with Crippen LogP contribution in [0.1, 0.15) is 25.7 Å². The van der Waals surface area contributed by atoms with Crippen molar-refractivity contribution in [1.29, 1.82) is 0 Å². The van der Waals surface area contributed by atoms with Gasteiger partial charge in [-0.15, -0.1) is 0 Å². The largest absolute Gasteiger partial charge is 0.392 e. The van der Waals surface area contributed by atoms with Crippen molar-refractivity contribution in [2.45, 2.75) is 44.4 Å². The molecule has 0 unspecified atom stereocenters. The van der Waals surface area contributed by atoms with Crippen molar-refractivity contribution < 1.29 is 5.11 Å². The zero-order valence-electron chi connectivity index (χ0n) is 11.2. The molecule has 6 nitrogen and oxygen atoms in total. The molecule has 0 spiro atoms. The van der Waals surface area contributed by atoms with Crippen LogP contribution in [0.15, 0.2) is 12.5 Å². The Morgan fingerprint density at radius 3 is 3.20 bits per heavy atom. The van der Waals surface area contributed by atoms with Crippen LogP contribution in [0.25, 0.3) is 11.2 Å². The number of aliphatic hydroxyl groups is 1. The fraction of sp³-hybridized carbons (Fsp3) is 0.615. The average molecular weight is 296 g/mol. The summed E-state index contributed by atoms with van der Waals surface area (Å²) in [5.41, 5.74) is 1.52. The summed E-state index contributed by atoms with van der Waals surface area (Å²) in [6, 6.07) is 0.205. The molecule has 1 aliphatic rings. The highest BCUT2D eigenvalue weighted by Gasteiger charge is 2.21. The zero-order valence-corrected chi connectivity index (χ0v) is 11.9. The molecule has 20 heavy (non-hydrogen) atoms. The number of hydrogen-bond donors (Lipinski definition) is 2. The number of fused-ring (bicyclic) bond motifs is 1. The van der Waals surface area contributed by atoms with Crippen LogP contribution in [-0.4, -0.2) is 43.3 Å². The van der Waals surface area contributed by atoms with Gasteiger partial charge in [-0.3, -0.25) is 0 Å². The van der Waals surface area contributed by atoms with Gasteiger partial charge >= 0.3 is 0 Å². The molecule has 0 radical (unpaired) electrons. The lowest BCUT2D eigenvalue weighted by Crippen LogP contribution is -2.44. The van der Waals surface area contributed by atoms with E-state index in [4.69, 9.17) is 11.6 Å². The molecule has 2 aromatic heterocycles. The van der Waals surface area contributed by atoms with Gasteiger partial charge in [-0.05, 0) is 43.8 Å². The van der Waals surface area contributed by atoms with Crippen LogP contribution in [0.3, 0.4) is 0 Å².